The number of hydrogen-bond acceptors (Lipinski definition) is 6. The van der Waals surface area contributed by atoms with Crippen molar-refractivity contribution in [1.29, 1.82) is 0 Å². The van der Waals surface area contributed by atoms with Crippen LogP contribution in [0.5, 0.6) is 0 Å². The van der Waals surface area contributed by atoms with Crippen molar-refractivity contribution < 1.29 is 14.3 Å². The van der Waals surface area contributed by atoms with Crippen LogP contribution in [-0.4, -0.2) is 56.9 Å². The van der Waals surface area contributed by atoms with Crippen LogP contribution < -0.4 is 10.3 Å². The van der Waals surface area contributed by atoms with Gasteiger partial charge in [-0.2, -0.15) is 8.69 Å². The normalized spacial score (nSPS) is 14.5. The van der Waals surface area contributed by atoms with E-state index in [4.69, 9.17) is 0 Å². The molecule has 0 saturated carbocycles. The van der Waals surface area contributed by atoms with Crippen LogP contribution >= 0.6 is 11.5 Å². The van der Waals surface area contributed by atoms with Crippen molar-refractivity contribution in [3.8, 4) is 0 Å². The van der Waals surface area contributed by atoms with Gasteiger partial charge in [-0.3, -0.25) is 14.6 Å². The highest BCUT2D eigenvalue weighted by atomic mass is 32.1. The van der Waals surface area contributed by atoms with Crippen LogP contribution in [0.25, 0.3) is 10.2 Å². The summed E-state index contributed by atoms with van der Waals surface area (Å²) in [6.45, 7) is 1.36. The number of pyridine rings is 2. The minimum Gasteiger partial charge on any atom is -0.618 e. The molecule has 3 aromatic heterocycles. The fourth-order valence-corrected chi connectivity index (χ4v) is 3.94. The number of nitrogens with zero attached hydrogens (tertiary/aromatic N) is 5. The van der Waals surface area contributed by atoms with Crippen molar-refractivity contribution in [2.24, 2.45) is 0 Å². The third-order valence-electron chi connectivity index (χ3n) is 4.45. The Morgan fingerprint density at radius 1 is 1.07 bits per heavy atom. The molecular formula is C17H15N5O4S. The highest BCUT2D eigenvalue weighted by molar-refractivity contribution is 7.13. The second kappa shape index (κ2) is 6.80. The van der Waals surface area contributed by atoms with Gasteiger partial charge < -0.3 is 15.0 Å². The van der Waals surface area contributed by atoms with Gasteiger partial charge in [0.2, 0.25) is 0 Å². The molecule has 0 bridgehead atoms. The molecule has 9 nitrogen and oxygen atoms in total. The first-order valence-electron chi connectivity index (χ1n) is 8.29. The second-order valence-corrected chi connectivity index (χ2v) is 6.98. The molecule has 138 valence electrons. The highest BCUT2D eigenvalue weighted by Gasteiger charge is 2.28. The van der Waals surface area contributed by atoms with Gasteiger partial charge in [0.15, 0.2) is 6.20 Å². The number of piperazine rings is 1. The molecule has 0 aliphatic carbocycles. The van der Waals surface area contributed by atoms with Gasteiger partial charge in [0.05, 0.1) is 0 Å². The third-order valence-corrected chi connectivity index (χ3v) is 5.52. The van der Waals surface area contributed by atoms with E-state index in [-0.39, 0.29) is 16.1 Å². The molecule has 2 amide bonds. The van der Waals surface area contributed by atoms with E-state index in [9.17, 15) is 19.6 Å². The number of amides is 2. The molecule has 10 heteroatoms. The largest absolute Gasteiger partial charge is 0.618 e. The summed E-state index contributed by atoms with van der Waals surface area (Å²) < 4.78 is 1.58. The van der Waals surface area contributed by atoms with Crippen LogP contribution in [0.1, 0.15) is 10.4 Å². The zero-order chi connectivity index (χ0) is 19.0. The molecule has 0 unspecified atom stereocenters. The Morgan fingerprint density at radius 2 is 1.74 bits per heavy atom. The molecule has 0 radical (unpaired) electrons. The Bertz CT molecular complexity index is 1070. The molecule has 4 heterocycles. The zero-order valence-electron chi connectivity index (χ0n) is 14.1. The van der Waals surface area contributed by atoms with Gasteiger partial charge in [0.25, 0.3) is 11.5 Å². The molecule has 0 spiro atoms. The SMILES string of the molecule is O=C(c1ccncc1)N1CCN(C(=O)n2sc3c(ccc[n+]3[O-])c2=O)CC1. The van der Waals surface area contributed by atoms with E-state index >= 15 is 0 Å². The van der Waals surface area contributed by atoms with Crippen molar-refractivity contribution in [2.75, 3.05) is 26.2 Å². The minimum absolute atomic E-state index is 0.115. The lowest BCUT2D eigenvalue weighted by Gasteiger charge is -2.34. The van der Waals surface area contributed by atoms with Gasteiger partial charge in [0.1, 0.15) is 5.39 Å². The van der Waals surface area contributed by atoms with Crippen molar-refractivity contribution in [1.82, 2.24) is 18.7 Å². The molecule has 4 rings (SSSR count). The molecule has 1 aliphatic heterocycles. The van der Waals surface area contributed by atoms with Gasteiger partial charge in [-0.05, 0) is 18.2 Å². The molecule has 1 fully saturated rings. The average molecular weight is 385 g/mol. The molecule has 0 aromatic carbocycles. The van der Waals surface area contributed by atoms with Crippen LogP contribution in [-0.2, 0) is 0 Å². The maximum absolute atomic E-state index is 12.7. The monoisotopic (exact) mass is 385 g/mol. The molecule has 0 atom stereocenters. The summed E-state index contributed by atoms with van der Waals surface area (Å²) in [5.74, 6) is -0.115. The smallest absolute Gasteiger partial charge is 0.341 e. The molecule has 27 heavy (non-hydrogen) atoms. The fraction of sp³-hybridized carbons (Fsp3) is 0.235. The van der Waals surface area contributed by atoms with E-state index in [2.05, 4.69) is 4.98 Å². The maximum Gasteiger partial charge on any atom is 0.341 e. The highest BCUT2D eigenvalue weighted by Crippen LogP contribution is 2.14. The van der Waals surface area contributed by atoms with E-state index < -0.39 is 11.6 Å². The minimum atomic E-state index is -0.500. The predicted molar refractivity (Wildman–Crippen MR) is 97.6 cm³/mol. The Balaban J connectivity index is 1.49. The number of fused-ring (bicyclic) bond motifs is 1. The summed E-state index contributed by atoms with van der Waals surface area (Å²) in [7, 11) is 0. The van der Waals surface area contributed by atoms with Crippen LogP contribution in [0.3, 0.4) is 0 Å². The molecule has 1 aliphatic rings. The topological polar surface area (TPSA) is 102 Å². The van der Waals surface area contributed by atoms with E-state index in [1.807, 2.05) is 0 Å². The molecule has 1 saturated heterocycles. The van der Waals surface area contributed by atoms with Crippen LogP contribution in [0.15, 0.2) is 47.7 Å². The standard InChI is InChI=1S/C17H15N5O4S/c23-14(12-3-5-18-6-4-12)19-8-10-20(11-9-19)17(25)22-15(24)13-2-1-7-21(26)16(13)27-22/h1-7H,8-11H2. The van der Waals surface area contributed by atoms with E-state index in [1.165, 1.54) is 23.2 Å². The van der Waals surface area contributed by atoms with Crippen molar-refractivity contribution >= 4 is 33.7 Å². The lowest BCUT2D eigenvalue weighted by atomic mass is 10.2. The lowest BCUT2D eigenvalue weighted by molar-refractivity contribution is -0.574. The summed E-state index contributed by atoms with van der Waals surface area (Å²) >= 11 is 0.832. The lowest BCUT2D eigenvalue weighted by Crippen LogP contribution is -2.52. The number of aromatic nitrogens is 3. The Morgan fingerprint density at radius 3 is 2.41 bits per heavy atom. The van der Waals surface area contributed by atoms with E-state index in [1.54, 1.807) is 29.4 Å². The summed E-state index contributed by atoms with van der Waals surface area (Å²) in [6.07, 6.45) is 4.41. The average Bonchev–Trinajstić information content (AvgIpc) is 3.06. The van der Waals surface area contributed by atoms with Crippen LogP contribution in [0.4, 0.5) is 4.79 Å². The molecule has 0 N–H and O–H groups in total. The van der Waals surface area contributed by atoms with E-state index in [0.29, 0.717) is 36.5 Å². The first-order valence-corrected chi connectivity index (χ1v) is 9.06. The number of rotatable bonds is 1. The van der Waals surface area contributed by atoms with Gasteiger partial charge in [-0.15, -0.1) is 0 Å². The maximum atomic E-state index is 12.7. The quantitative estimate of drug-likeness (QED) is 0.449. The van der Waals surface area contributed by atoms with Crippen LogP contribution in [0.2, 0.25) is 0 Å². The summed E-state index contributed by atoms with van der Waals surface area (Å²) in [5, 5.41) is 12.0. The molecular weight excluding hydrogens is 370 g/mol. The third kappa shape index (κ3) is 3.04. The first kappa shape index (κ1) is 17.2. The zero-order valence-corrected chi connectivity index (χ0v) is 15.0. The second-order valence-electron chi connectivity index (χ2n) is 6.04. The fourth-order valence-electron chi connectivity index (χ4n) is 3.00. The Kier molecular flexibility index (Phi) is 4.32. The van der Waals surface area contributed by atoms with Crippen molar-refractivity contribution in [3.63, 3.8) is 0 Å². The van der Waals surface area contributed by atoms with Gasteiger partial charge in [-0.25, -0.2) is 4.79 Å². The predicted octanol–water partition coefficient (Wildman–Crippen LogP) is 0.518. The first-order chi connectivity index (χ1) is 13.1. The summed E-state index contributed by atoms with van der Waals surface area (Å²) in [6, 6.07) is 5.82. The molecule has 3 aromatic rings. The van der Waals surface area contributed by atoms with Gasteiger partial charge >= 0.3 is 10.9 Å². The Labute approximate surface area is 157 Å². The number of carbonyl (C=O) groups is 2. The van der Waals surface area contributed by atoms with Crippen molar-refractivity contribution in [3.05, 3.63) is 64.0 Å². The van der Waals surface area contributed by atoms with Crippen molar-refractivity contribution in [2.45, 2.75) is 0 Å². The van der Waals surface area contributed by atoms with Crippen LogP contribution in [0, 0.1) is 5.21 Å². The van der Waals surface area contributed by atoms with Gasteiger partial charge in [-0.1, -0.05) is 0 Å². The Hall–Kier alpha value is -3.27. The van der Waals surface area contributed by atoms with E-state index in [0.717, 1.165) is 15.5 Å². The van der Waals surface area contributed by atoms with Gasteiger partial charge in [0, 0.05) is 61.7 Å². The summed E-state index contributed by atoms with van der Waals surface area (Å²) in [5.41, 5.74) is 0.0472. The summed E-state index contributed by atoms with van der Waals surface area (Å²) in [4.78, 5) is 44.9. The number of hydrogen-bond donors (Lipinski definition) is 0. The number of carbonyl (C=O) groups excluding carboxylic acids is 2.